The summed E-state index contributed by atoms with van der Waals surface area (Å²) >= 11 is 1.61. The van der Waals surface area contributed by atoms with Crippen LogP contribution in [0.5, 0.6) is 0 Å². The molecule has 1 heterocycles. The van der Waals surface area contributed by atoms with E-state index in [1.165, 1.54) is 18.4 Å². The number of hydrogen-bond acceptors (Lipinski definition) is 5. The SMILES string of the molecule is CS(=O)(=O)C1CSCCN1Cc1cc(F)cc(C#N)c1. The molecule has 1 fully saturated rings. The molecule has 0 bridgehead atoms. The molecule has 1 unspecified atom stereocenters. The number of nitriles is 1. The summed E-state index contributed by atoms with van der Waals surface area (Å²) in [5, 5.41) is 8.30. The molecule has 1 saturated heterocycles. The molecule has 0 radical (unpaired) electrons. The molecule has 2 rings (SSSR count). The molecule has 0 N–H and O–H groups in total. The average molecular weight is 314 g/mol. The Hall–Kier alpha value is -1.10. The highest BCUT2D eigenvalue weighted by atomic mass is 32.2. The zero-order valence-electron chi connectivity index (χ0n) is 11.0. The van der Waals surface area contributed by atoms with E-state index in [1.54, 1.807) is 17.8 Å². The lowest BCUT2D eigenvalue weighted by molar-refractivity contribution is 0.262. The molecule has 1 atom stereocenters. The minimum atomic E-state index is -3.17. The number of hydrogen-bond donors (Lipinski definition) is 0. The van der Waals surface area contributed by atoms with E-state index in [0.717, 1.165) is 5.75 Å². The van der Waals surface area contributed by atoms with Crippen molar-refractivity contribution >= 4 is 21.6 Å². The quantitative estimate of drug-likeness (QED) is 0.848. The fourth-order valence-corrected chi connectivity index (χ4v) is 5.17. The highest BCUT2D eigenvalue weighted by molar-refractivity contribution is 8.00. The number of halogens is 1. The van der Waals surface area contributed by atoms with Crippen molar-refractivity contribution in [2.75, 3.05) is 24.3 Å². The number of thioether (sulfide) groups is 1. The van der Waals surface area contributed by atoms with Gasteiger partial charge in [0.2, 0.25) is 0 Å². The van der Waals surface area contributed by atoms with Crippen molar-refractivity contribution in [1.29, 1.82) is 5.26 Å². The van der Waals surface area contributed by atoms with Crippen molar-refractivity contribution in [3.63, 3.8) is 0 Å². The van der Waals surface area contributed by atoms with Gasteiger partial charge < -0.3 is 0 Å². The maximum absolute atomic E-state index is 13.4. The molecule has 1 aliphatic heterocycles. The van der Waals surface area contributed by atoms with Crippen LogP contribution in [-0.2, 0) is 16.4 Å². The summed E-state index contributed by atoms with van der Waals surface area (Å²) in [6.45, 7) is 0.978. The summed E-state index contributed by atoms with van der Waals surface area (Å²) in [6, 6.07) is 6.03. The van der Waals surface area contributed by atoms with Crippen molar-refractivity contribution in [2.45, 2.75) is 11.9 Å². The van der Waals surface area contributed by atoms with E-state index in [2.05, 4.69) is 0 Å². The van der Waals surface area contributed by atoms with Crippen LogP contribution >= 0.6 is 11.8 Å². The molecule has 0 aromatic heterocycles. The number of sulfone groups is 1. The second kappa shape index (κ2) is 6.12. The monoisotopic (exact) mass is 314 g/mol. The molecule has 7 heteroatoms. The number of benzene rings is 1. The summed E-state index contributed by atoms with van der Waals surface area (Å²) in [7, 11) is -3.17. The van der Waals surface area contributed by atoms with Gasteiger partial charge in [0.15, 0.2) is 9.84 Å². The van der Waals surface area contributed by atoms with E-state index < -0.39 is 21.0 Å². The molecule has 0 amide bonds. The van der Waals surface area contributed by atoms with Crippen LogP contribution in [0.2, 0.25) is 0 Å². The van der Waals surface area contributed by atoms with Gasteiger partial charge in [-0.1, -0.05) is 0 Å². The predicted molar refractivity (Wildman–Crippen MR) is 77.5 cm³/mol. The van der Waals surface area contributed by atoms with E-state index in [9.17, 15) is 12.8 Å². The van der Waals surface area contributed by atoms with Crippen LogP contribution in [0.25, 0.3) is 0 Å². The summed E-state index contributed by atoms with van der Waals surface area (Å²) in [5.41, 5.74) is 0.879. The maximum Gasteiger partial charge on any atom is 0.164 e. The van der Waals surface area contributed by atoms with Crippen LogP contribution < -0.4 is 0 Å². The molecule has 4 nitrogen and oxygen atoms in total. The average Bonchev–Trinajstić information content (AvgIpc) is 2.37. The standard InChI is InChI=1S/C13H15FN2O2S2/c1-20(17,18)13-9-19-3-2-16(13)8-11-4-10(7-15)5-12(14)6-11/h4-6,13H,2-3,8-9H2,1H3. The Balaban J connectivity index is 2.23. The second-order valence-electron chi connectivity index (χ2n) is 4.79. The molecule has 0 saturated carbocycles. The van der Waals surface area contributed by atoms with Gasteiger partial charge in [0.25, 0.3) is 0 Å². The van der Waals surface area contributed by atoms with E-state index in [0.29, 0.717) is 24.4 Å². The summed E-state index contributed by atoms with van der Waals surface area (Å²) < 4.78 is 37.0. The Labute approximate surface area is 122 Å². The van der Waals surface area contributed by atoms with Crippen molar-refractivity contribution in [3.8, 4) is 6.07 Å². The molecule has 1 aromatic carbocycles. The van der Waals surface area contributed by atoms with Gasteiger partial charge in [-0.25, -0.2) is 12.8 Å². The molecular weight excluding hydrogens is 299 g/mol. The first-order valence-electron chi connectivity index (χ1n) is 6.10. The first kappa shape index (κ1) is 15.3. The Morgan fingerprint density at radius 3 is 2.90 bits per heavy atom. The lowest BCUT2D eigenvalue weighted by Gasteiger charge is -2.34. The Kier molecular flexibility index (Phi) is 4.68. The van der Waals surface area contributed by atoms with Crippen LogP contribution in [0, 0.1) is 17.1 Å². The fourth-order valence-electron chi connectivity index (χ4n) is 2.23. The molecule has 1 aromatic rings. The van der Waals surface area contributed by atoms with Crippen LogP contribution in [0.15, 0.2) is 18.2 Å². The van der Waals surface area contributed by atoms with E-state index in [4.69, 9.17) is 5.26 Å². The summed E-state index contributed by atoms with van der Waals surface area (Å²) in [4.78, 5) is 1.84. The topological polar surface area (TPSA) is 61.2 Å². The van der Waals surface area contributed by atoms with Crippen LogP contribution in [0.1, 0.15) is 11.1 Å². The molecule has 108 valence electrons. The van der Waals surface area contributed by atoms with Crippen LogP contribution in [0.3, 0.4) is 0 Å². The Bertz CT molecular complexity index is 640. The third-order valence-corrected chi connectivity index (χ3v) is 5.84. The number of rotatable bonds is 3. The first-order chi connectivity index (χ1) is 9.40. The summed E-state index contributed by atoms with van der Waals surface area (Å²) in [5.74, 6) is 0.910. The zero-order chi connectivity index (χ0) is 14.8. The highest BCUT2D eigenvalue weighted by Gasteiger charge is 2.30. The Morgan fingerprint density at radius 2 is 2.25 bits per heavy atom. The molecule has 0 aliphatic carbocycles. The Morgan fingerprint density at radius 1 is 1.50 bits per heavy atom. The van der Waals surface area contributed by atoms with E-state index in [-0.39, 0.29) is 5.56 Å². The van der Waals surface area contributed by atoms with Gasteiger partial charge in [-0.15, -0.1) is 0 Å². The van der Waals surface area contributed by atoms with Crippen molar-refractivity contribution in [3.05, 3.63) is 35.1 Å². The highest BCUT2D eigenvalue weighted by Crippen LogP contribution is 2.23. The lowest BCUT2D eigenvalue weighted by atomic mass is 10.1. The van der Waals surface area contributed by atoms with Gasteiger partial charge >= 0.3 is 0 Å². The van der Waals surface area contributed by atoms with E-state index in [1.807, 2.05) is 11.0 Å². The predicted octanol–water partition coefficient (Wildman–Crippen LogP) is 1.62. The summed E-state index contributed by atoms with van der Waals surface area (Å²) in [6.07, 6.45) is 1.23. The molecule has 20 heavy (non-hydrogen) atoms. The third-order valence-electron chi connectivity index (χ3n) is 3.16. The van der Waals surface area contributed by atoms with Crippen molar-refractivity contribution in [2.24, 2.45) is 0 Å². The van der Waals surface area contributed by atoms with Crippen molar-refractivity contribution < 1.29 is 12.8 Å². The van der Waals surface area contributed by atoms with Crippen LogP contribution in [-0.4, -0.2) is 43.0 Å². The third kappa shape index (κ3) is 3.72. The minimum Gasteiger partial charge on any atom is -0.281 e. The van der Waals surface area contributed by atoms with E-state index >= 15 is 0 Å². The molecular formula is C13H15FN2O2S2. The van der Waals surface area contributed by atoms with Gasteiger partial charge in [-0.05, 0) is 23.8 Å². The zero-order valence-corrected chi connectivity index (χ0v) is 12.7. The second-order valence-corrected chi connectivity index (χ2v) is 8.14. The van der Waals surface area contributed by atoms with Gasteiger partial charge in [-0.3, -0.25) is 4.90 Å². The minimum absolute atomic E-state index is 0.252. The normalized spacial score (nSPS) is 20.6. The maximum atomic E-state index is 13.4. The molecule has 1 aliphatic rings. The van der Waals surface area contributed by atoms with Gasteiger partial charge in [-0.2, -0.15) is 17.0 Å². The number of nitrogens with zero attached hydrogens (tertiary/aromatic N) is 2. The molecule has 0 spiro atoms. The largest absolute Gasteiger partial charge is 0.281 e. The van der Waals surface area contributed by atoms with Gasteiger partial charge in [0.05, 0.1) is 11.6 Å². The van der Waals surface area contributed by atoms with Crippen LogP contribution in [0.4, 0.5) is 4.39 Å². The lowest BCUT2D eigenvalue weighted by Crippen LogP contribution is -2.46. The smallest absolute Gasteiger partial charge is 0.164 e. The van der Waals surface area contributed by atoms with Crippen molar-refractivity contribution in [1.82, 2.24) is 4.90 Å². The fraction of sp³-hybridized carbons (Fsp3) is 0.462. The van der Waals surface area contributed by atoms with Gasteiger partial charge in [0.1, 0.15) is 11.2 Å². The van der Waals surface area contributed by atoms with Gasteiger partial charge in [0, 0.05) is 30.9 Å². The first-order valence-corrected chi connectivity index (χ1v) is 9.21.